The van der Waals surface area contributed by atoms with Crippen LogP contribution in [0.4, 0.5) is 5.69 Å². The molecule has 0 bridgehead atoms. The van der Waals surface area contributed by atoms with Crippen LogP contribution in [-0.4, -0.2) is 49.8 Å². The molecule has 0 aromatic heterocycles. The molecule has 1 aliphatic heterocycles. The van der Waals surface area contributed by atoms with E-state index in [2.05, 4.69) is 34.6 Å². The molecule has 1 heterocycles. The molecule has 0 unspecified atom stereocenters. The van der Waals surface area contributed by atoms with E-state index in [0.29, 0.717) is 6.42 Å². The van der Waals surface area contributed by atoms with Crippen molar-refractivity contribution in [2.24, 2.45) is 0 Å². The predicted molar refractivity (Wildman–Crippen MR) is 89.5 cm³/mol. The highest BCUT2D eigenvalue weighted by molar-refractivity contribution is 7.96. The van der Waals surface area contributed by atoms with Crippen molar-refractivity contribution in [1.82, 2.24) is 4.90 Å². The Hall–Kier alpha value is -1.20. The van der Waals surface area contributed by atoms with Crippen molar-refractivity contribution in [3.8, 4) is 5.75 Å². The number of piperazine rings is 1. The normalized spacial score (nSPS) is 16.0. The molecule has 0 amide bonds. The average Bonchev–Trinajstić information content (AvgIpc) is 2.52. The summed E-state index contributed by atoms with van der Waals surface area (Å²) in [6.45, 7) is 5.23. The lowest BCUT2D eigenvalue weighted by Crippen LogP contribution is -2.46. The molecule has 2 rings (SSSR count). The van der Waals surface area contributed by atoms with E-state index < -0.39 is 0 Å². The van der Waals surface area contributed by atoms with Gasteiger partial charge in [-0.1, -0.05) is 12.1 Å². The van der Waals surface area contributed by atoms with Crippen LogP contribution < -0.4 is 9.64 Å². The van der Waals surface area contributed by atoms with Gasteiger partial charge in [-0.05, 0) is 31.5 Å². The van der Waals surface area contributed by atoms with Crippen LogP contribution in [0.5, 0.6) is 5.75 Å². The van der Waals surface area contributed by atoms with Crippen molar-refractivity contribution in [2.45, 2.75) is 19.3 Å². The minimum absolute atomic E-state index is 0.00371. The van der Waals surface area contributed by atoms with Crippen molar-refractivity contribution in [2.75, 3.05) is 44.7 Å². The molecule has 1 aliphatic rings. The Morgan fingerprint density at radius 3 is 2.57 bits per heavy atom. The van der Waals surface area contributed by atoms with Gasteiger partial charge in [0.2, 0.25) is 0 Å². The number of para-hydroxylation sites is 2. The highest BCUT2D eigenvalue weighted by Gasteiger charge is 2.18. The molecule has 0 atom stereocenters. The zero-order chi connectivity index (χ0) is 15.1. The minimum atomic E-state index is -0.00371. The van der Waals surface area contributed by atoms with Gasteiger partial charge >= 0.3 is 0 Å². The number of benzene rings is 1. The van der Waals surface area contributed by atoms with Crippen LogP contribution in [-0.2, 0) is 4.79 Å². The maximum Gasteiger partial charge on any atom is 0.185 e. The van der Waals surface area contributed by atoms with Crippen LogP contribution in [0.2, 0.25) is 0 Å². The smallest absolute Gasteiger partial charge is 0.185 e. The number of methoxy groups -OCH3 is 1. The van der Waals surface area contributed by atoms with Gasteiger partial charge in [-0.25, -0.2) is 0 Å². The van der Waals surface area contributed by atoms with E-state index in [0.717, 1.165) is 51.3 Å². The molecular weight excluding hydrogens is 284 g/mol. The molecule has 5 heteroatoms. The number of thiol groups is 1. The fourth-order valence-electron chi connectivity index (χ4n) is 2.72. The summed E-state index contributed by atoms with van der Waals surface area (Å²) in [5.74, 6) is 0.943. The number of carbonyl (C=O) groups is 1. The molecule has 0 saturated carbocycles. The number of hydrogen-bond acceptors (Lipinski definition) is 4. The first kappa shape index (κ1) is 16.2. The first-order valence-corrected chi connectivity index (χ1v) is 7.97. The number of ether oxygens (including phenoxy) is 1. The Morgan fingerprint density at radius 2 is 1.90 bits per heavy atom. The van der Waals surface area contributed by atoms with E-state index >= 15 is 0 Å². The van der Waals surface area contributed by atoms with Gasteiger partial charge in [-0.15, -0.1) is 12.6 Å². The van der Waals surface area contributed by atoms with Gasteiger partial charge < -0.3 is 9.64 Å². The second kappa shape index (κ2) is 8.29. The van der Waals surface area contributed by atoms with Crippen LogP contribution in [0.1, 0.15) is 19.3 Å². The van der Waals surface area contributed by atoms with Crippen molar-refractivity contribution < 1.29 is 9.53 Å². The number of carbonyl (C=O) groups excluding carboxylic acids is 1. The minimum Gasteiger partial charge on any atom is -0.495 e. The fraction of sp³-hybridized carbons (Fsp3) is 0.562. The van der Waals surface area contributed by atoms with Gasteiger partial charge in [0.25, 0.3) is 0 Å². The summed E-state index contributed by atoms with van der Waals surface area (Å²) < 4.78 is 5.43. The molecule has 0 spiro atoms. The Balaban J connectivity index is 1.76. The lowest BCUT2D eigenvalue weighted by atomic mass is 10.2. The lowest BCUT2D eigenvalue weighted by Gasteiger charge is -2.36. The number of rotatable bonds is 7. The van der Waals surface area contributed by atoms with Gasteiger partial charge in [0.1, 0.15) is 5.75 Å². The molecule has 0 radical (unpaired) electrons. The number of hydrogen-bond donors (Lipinski definition) is 1. The van der Waals surface area contributed by atoms with Crippen molar-refractivity contribution in [3.05, 3.63) is 24.3 Å². The number of anilines is 1. The van der Waals surface area contributed by atoms with Crippen molar-refractivity contribution in [3.63, 3.8) is 0 Å². The largest absolute Gasteiger partial charge is 0.495 e. The van der Waals surface area contributed by atoms with Crippen molar-refractivity contribution in [1.29, 1.82) is 0 Å². The molecule has 116 valence electrons. The third-order valence-electron chi connectivity index (χ3n) is 3.91. The highest BCUT2D eigenvalue weighted by Crippen LogP contribution is 2.28. The molecule has 1 aromatic carbocycles. The summed E-state index contributed by atoms with van der Waals surface area (Å²) in [7, 11) is 1.72. The maximum atomic E-state index is 10.8. The van der Waals surface area contributed by atoms with Gasteiger partial charge in [0.05, 0.1) is 12.8 Å². The van der Waals surface area contributed by atoms with E-state index in [1.165, 1.54) is 5.69 Å². The summed E-state index contributed by atoms with van der Waals surface area (Å²) >= 11 is 3.80. The zero-order valence-electron chi connectivity index (χ0n) is 12.6. The van der Waals surface area contributed by atoms with Gasteiger partial charge in [-0.2, -0.15) is 0 Å². The third-order valence-corrected chi connectivity index (χ3v) is 4.14. The SMILES string of the molecule is COc1ccccc1N1CCN(CCCCC(=O)S)CC1. The van der Waals surface area contributed by atoms with E-state index in [9.17, 15) is 4.79 Å². The van der Waals surface area contributed by atoms with E-state index in [1.807, 2.05) is 12.1 Å². The Morgan fingerprint density at radius 1 is 1.19 bits per heavy atom. The second-order valence-electron chi connectivity index (χ2n) is 5.35. The molecule has 21 heavy (non-hydrogen) atoms. The van der Waals surface area contributed by atoms with Gasteiger partial charge in [0.15, 0.2) is 5.12 Å². The van der Waals surface area contributed by atoms with Crippen LogP contribution in [0.3, 0.4) is 0 Å². The van der Waals surface area contributed by atoms with Gasteiger partial charge in [0, 0.05) is 32.6 Å². The first-order valence-electron chi connectivity index (χ1n) is 7.53. The third kappa shape index (κ3) is 4.93. The Bertz CT molecular complexity index is 459. The predicted octanol–water partition coefficient (Wildman–Crippen LogP) is 2.44. The number of unbranched alkanes of at least 4 members (excludes halogenated alkanes) is 1. The monoisotopic (exact) mass is 308 g/mol. The number of nitrogens with zero attached hydrogens (tertiary/aromatic N) is 2. The molecule has 4 nitrogen and oxygen atoms in total. The summed E-state index contributed by atoms with van der Waals surface area (Å²) in [6.07, 6.45) is 2.60. The summed E-state index contributed by atoms with van der Waals surface area (Å²) in [5.41, 5.74) is 1.18. The molecular formula is C16H24N2O2S. The summed E-state index contributed by atoms with van der Waals surface area (Å²) in [4.78, 5) is 15.6. The Kier molecular flexibility index (Phi) is 6.39. The van der Waals surface area contributed by atoms with Crippen LogP contribution in [0.25, 0.3) is 0 Å². The van der Waals surface area contributed by atoms with E-state index in [-0.39, 0.29) is 5.12 Å². The quantitative estimate of drug-likeness (QED) is 0.619. The average molecular weight is 308 g/mol. The standard InChI is InChI=1S/C16H24N2O2S/c1-20-15-7-3-2-6-14(15)18-12-10-17(11-13-18)9-5-4-8-16(19)21/h2-3,6-7H,4-5,8-13H2,1H3,(H,19,21). The first-order chi connectivity index (χ1) is 10.2. The van der Waals surface area contributed by atoms with E-state index in [4.69, 9.17) is 4.74 Å². The molecule has 1 aromatic rings. The van der Waals surface area contributed by atoms with Gasteiger partial charge in [-0.3, -0.25) is 9.69 Å². The fourth-order valence-corrected chi connectivity index (χ4v) is 2.87. The zero-order valence-corrected chi connectivity index (χ0v) is 13.5. The molecule has 1 saturated heterocycles. The second-order valence-corrected chi connectivity index (χ2v) is 5.85. The maximum absolute atomic E-state index is 10.8. The van der Waals surface area contributed by atoms with Crippen LogP contribution >= 0.6 is 12.6 Å². The molecule has 1 fully saturated rings. The Labute approximate surface area is 132 Å². The lowest BCUT2D eigenvalue weighted by molar-refractivity contribution is -0.110. The van der Waals surface area contributed by atoms with E-state index in [1.54, 1.807) is 7.11 Å². The van der Waals surface area contributed by atoms with Crippen molar-refractivity contribution >= 4 is 23.4 Å². The highest BCUT2D eigenvalue weighted by atomic mass is 32.1. The summed E-state index contributed by atoms with van der Waals surface area (Å²) in [5, 5.41) is -0.00371. The van der Waals surface area contributed by atoms with Crippen LogP contribution in [0.15, 0.2) is 24.3 Å². The molecule has 0 N–H and O–H groups in total. The summed E-state index contributed by atoms with van der Waals surface area (Å²) in [6, 6.07) is 8.18. The molecule has 0 aliphatic carbocycles. The topological polar surface area (TPSA) is 32.8 Å². The van der Waals surface area contributed by atoms with Crippen LogP contribution in [0, 0.1) is 0 Å².